The maximum absolute atomic E-state index is 9.42. The number of allylic oxidation sites excluding steroid dienone is 1. The highest BCUT2D eigenvalue weighted by molar-refractivity contribution is 6.18. The van der Waals surface area contributed by atoms with E-state index in [2.05, 4.69) is 98.4 Å². The number of aryl methyl sites for hydroxylation is 1. The predicted octanol–water partition coefficient (Wildman–Crippen LogP) is 9.73. The molecule has 0 fully saturated rings. The lowest BCUT2D eigenvalue weighted by molar-refractivity contribution is 1.47. The molecule has 0 unspecified atom stereocenters. The Labute approximate surface area is 222 Å². The molecule has 180 valence electrons. The van der Waals surface area contributed by atoms with Crippen molar-refractivity contribution in [2.45, 2.75) is 13.8 Å². The second-order valence-corrected chi connectivity index (χ2v) is 9.62. The highest BCUT2D eigenvalue weighted by atomic mass is 14.7. The summed E-state index contributed by atoms with van der Waals surface area (Å²) in [5.41, 5.74) is 10.3. The van der Waals surface area contributed by atoms with E-state index in [0.717, 1.165) is 60.6 Å². The predicted molar refractivity (Wildman–Crippen MR) is 162 cm³/mol. The first kappa shape index (κ1) is 23.4. The minimum absolute atomic E-state index is 0.654. The van der Waals surface area contributed by atoms with Gasteiger partial charge in [-0.1, -0.05) is 97.1 Å². The zero-order valence-electron chi connectivity index (χ0n) is 21.5. The van der Waals surface area contributed by atoms with Crippen LogP contribution in [0.3, 0.4) is 0 Å². The van der Waals surface area contributed by atoms with E-state index in [4.69, 9.17) is 4.98 Å². The highest BCUT2D eigenvalue weighted by Crippen LogP contribution is 2.40. The third-order valence-electron chi connectivity index (χ3n) is 7.19. The van der Waals surface area contributed by atoms with Crippen LogP contribution >= 0.6 is 0 Å². The van der Waals surface area contributed by atoms with Crippen molar-refractivity contribution >= 4 is 44.7 Å². The van der Waals surface area contributed by atoms with E-state index < -0.39 is 0 Å². The summed E-state index contributed by atoms with van der Waals surface area (Å²) in [6, 6.07) is 33.9. The average Bonchev–Trinajstić information content (AvgIpc) is 2.96. The Morgan fingerprint density at radius 3 is 2.26 bits per heavy atom. The molecule has 0 N–H and O–H groups in total. The first-order chi connectivity index (χ1) is 18.6. The largest absolute Gasteiger partial charge is 0.246 e. The van der Waals surface area contributed by atoms with Crippen molar-refractivity contribution in [3.63, 3.8) is 0 Å². The van der Waals surface area contributed by atoms with Crippen molar-refractivity contribution in [2.75, 3.05) is 0 Å². The Kier molecular flexibility index (Phi) is 5.83. The molecule has 0 spiro atoms. The fourth-order valence-corrected chi connectivity index (χ4v) is 5.42. The van der Waals surface area contributed by atoms with Crippen LogP contribution < -0.4 is 0 Å². The van der Waals surface area contributed by atoms with Crippen LogP contribution in [0.25, 0.3) is 67.0 Å². The van der Waals surface area contributed by atoms with Crippen molar-refractivity contribution in [3.05, 3.63) is 126 Å². The Morgan fingerprint density at radius 2 is 1.47 bits per heavy atom. The molecule has 0 aliphatic carbocycles. The van der Waals surface area contributed by atoms with Gasteiger partial charge in [-0.2, -0.15) is 5.26 Å². The number of pyridine rings is 1. The van der Waals surface area contributed by atoms with Gasteiger partial charge in [0.2, 0.25) is 0 Å². The average molecular weight is 487 g/mol. The van der Waals surface area contributed by atoms with Gasteiger partial charge >= 0.3 is 0 Å². The molecule has 6 aromatic rings. The van der Waals surface area contributed by atoms with Gasteiger partial charge in [-0.05, 0) is 65.8 Å². The Hall–Kier alpha value is -5.00. The lowest BCUT2D eigenvalue weighted by Crippen LogP contribution is -1.95. The standard InChI is InChI=1S/C36H26N2/c1-4-8-25-15-17-31-34(29-12-7-11-28(21-29)27-10-6-9-24(20-27)22-37)32-18-16-26-14-13-23(3)19-33(26)36(32)38-35(31)30(25)5-2/h4-21H,2H2,1,3H3/b8-4-. The topological polar surface area (TPSA) is 36.7 Å². The minimum Gasteiger partial charge on any atom is -0.246 e. The molecule has 0 saturated carbocycles. The molecule has 2 nitrogen and oxygen atoms in total. The molecule has 2 heteroatoms. The van der Waals surface area contributed by atoms with E-state index in [0.29, 0.717) is 5.56 Å². The van der Waals surface area contributed by atoms with Gasteiger partial charge in [-0.3, -0.25) is 0 Å². The van der Waals surface area contributed by atoms with Crippen LogP contribution in [-0.2, 0) is 0 Å². The lowest BCUT2D eigenvalue weighted by Gasteiger charge is -2.16. The summed E-state index contributed by atoms with van der Waals surface area (Å²) in [7, 11) is 0. The molecule has 0 amide bonds. The van der Waals surface area contributed by atoms with Gasteiger partial charge < -0.3 is 0 Å². The van der Waals surface area contributed by atoms with Crippen LogP contribution in [0.5, 0.6) is 0 Å². The first-order valence-electron chi connectivity index (χ1n) is 12.8. The molecule has 1 heterocycles. The van der Waals surface area contributed by atoms with Crippen LogP contribution in [0.2, 0.25) is 0 Å². The number of hydrogen-bond acceptors (Lipinski definition) is 2. The van der Waals surface area contributed by atoms with Crippen LogP contribution in [0.1, 0.15) is 29.2 Å². The van der Waals surface area contributed by atoms with Crippen molar-refractivity contribution in [1.82, 2.24) is 4.98 Å². The van der Waals surface area contributed by atoms with Crippen LogP contribution in [0, 0.1) is 18.3 Å². The fraction of sp³-hybridized carbons (Fsp3) is 0.0556. The second kappa shape index (κ2) is 9.47. The molecule has 38 heavy (non-hydrogen) atoms. The van der Waals surface area contributed by atoms with E-state index in [-0.39, 0.29) is 0 Å². The molecule has 1 aromatic heterocycles. The fourth-order valence-electron chi connectivity index (χ4n) is 5.42. The smallest absolute Gasteiger partial charge is 0.0991 e. The van der Waals surface area contributed by atoms with E-state index in [1.165, 1.54) is 10.9 Å². The van der Waals surface area contributed by atoms with Gasteiger partial charge in [0.1, 0.15) is 0 Å². The SMILES string of the molecule is C=Cc1c(/C=C\C)ccc2c(-c3cccc(-c4cccc(C#N)c4)c3)c3ccc4ccc(C)cc4c3nc12. The number of fused-ring (bicyclic) bond motifs is 4. The number of nitriles is 1. The first-order valence-corrected chi connectivity index (χ1v) is 12.8. The molecular weight excluding hydrogens is 460 g/mol. The highest BCUT2D eigenvalue weighted by Gasteiger charge is 2.17. The molecule has 0 aliphatic rings. The molecule has 0 bridgehead atoms. The van der Waals surface area contributed by atoms with Gasteiger partial charge in [-0.25, -0.2) is 4.98 Å². The third kappa shape index (κ3) is 3.86. The Bertz CT molecular complexity index is 1970. The molecule has 0 saturated heterocycles. The monoisotopic (exact) mass is 486 g/mol. The molecule has 0 atom stereocenters. The van der Waals surface area contributed by atoms with Gasteiger partial charge in [0.15, 0.2) is 0 Å². The number of benzene rings is 5. The van der Waals surface area contributed by atoms with E-state index in [9.17, 15) is 5.26 Å². The lowest BCUT2D eigenvalue weighted by atomic mass is 9.90. The summed E-state index contributed by atoms with van der Waals surface area (Å²) >= 11 is 0. The molecule has 0 aliphatic heterocycles. The van der Waals surface area contributed by atoms with Gasteiger partial charge in [0.25, 0.3) is 0 Å². The number of hydrogen-bond donors (Lipinski definition) is 0. The summed E-state index contributed by atoms with van der Waals surface area (Å²) in [6.45, 7) is 8.30. The van der Waals surface area contributed by atoms with Crippen LogP contribution in [0.15, 0.2) is 104 Å². The third-order valence-corrected chi connectivity index (χ3v) is 7.19. The maximum Gasteiger partial charge on any atom is 0.0991 e. The molecular formula is C36H26N2. The van der Waals surface area contributed by atoms with Gasteiger partial charge in [0.05, 0.1) is 22.7 Å². The summed E-state index contributed by atoms with van der Waals surface area (Å²) < 4.78 is 0. The van der Waals surface area contributed by atoms with Crippen molar-refractivity contribution < 1.29 is 0 Å². The zero-order valence-corrected chi connectivity index (χ0v) is 21.5. The Morgan fingerprint density at radius 1 is 0.763 bits per heavy atom. The maximum atomic E-state index is 9.42. The van der Waals surface area contributed by atoms with Crippen molar-refractivity contribution in [3.8, 4) is 28.3 Å². The van der Waals surface area contributed by atoms with E-state index in [1.54, 1.807) is 0 Å². The van der Waals surface area contributed by atoms with E-state index >= 15 is 0 Å². The summed E-state index contributed by atoms with van der Waals surface area (Å²) in [5, 5.41) is 14.0. The number of aromatic nitrogens is 1. The molecule has 0 radical (unpaired) electrons. The van der Waals surface area contributed by atoms with Crippen LogP contribution in [0.4, 0.5) is 0 Å². The summed E-state index contributed by atoms with van der Waals surface area (Å²) in [5.74, 6) is 0. The van der Waals surface area contributed by atoms with E-state index in [1.807, 2.05) is 37.3 Å². The van der Waals surface area contributed by atoms with Gasteiger partial charge in [0, 0.05) is 27.3 Å². The van der Waals surface area contributed by atoms with Crippen molar-refractivity contribution in [2.24, 2.45) is 0 Å². The van der Waals surface area contributed by atoms with Gasteiger partial charge in [-0.15, -0.1) is 0 Å². The quantitative estimate of drug-likeness (QED) is 0.184. The van der Waals surface area contributed by atoms with Crippen molar-refractivity contribution in [1.29, 1.82) is 5.26 Å². The minimum atomic E-state index is 0.654. The Balaban J connectivity index is 1.75. The van der Waals surface area contributed by atoms with Crippen LogP contribution in [-0.4, -0.2) is 4.98 Å². The zero-order chi connectivity index (χ0) is 26.2. The summed E-state index contributed by atoms with van der Waals surface area (Å²) in [4.78, 5) is 5.31. The number of rotatable bonds is 4. The summed E-state index contributed by atoms with van der Waals surface area (Å²) in [6.07, 6.45) is 6.08. The molecule has 5 aromatic carbocycles. The second-order valence-electron chi connectivity index (χ2n) is 9.62. The molecule has 6 rings (SSSR count). The normalized spacial score (nSPS) is 11.4. The number of nitrogens with zero attached hydrogens (tertiary/aromatic N) is 2.